The van der Waals surface area contributed by atoms with E-state index in [1.807, 2.05) is 24.4 Å². The van der Waals surface area contributed by atoms with Crippen LogP contribution in [-0.2, 0) is 0 Å². The van der Waals surface area contributed by atoms with Crippen LogP contribution in [0.25, 0.3) is 33.1 Å². The molecular weight excluding hydrogens is 324 g/mol. The molecular formula is C20H20N6. The number of nitrogen functional groups attached to an aromatic ring is 1. The SMILES string of the molecule is NCC1CC(n2cc(-c3cnc4ccccc4c3)c3c(N)ncnc32)C1. The van der Waals surface area contributed by atoms with Crippen molar-refractivity contribution in [3.8, 4) is 11.1 Å². The van der Waals surface area contributed by atoms with E-state index in [2.05, 4.69) is 37.8 Å². The number of fused-ring (bicyclic) bond motifs is 2. The van der Waals surface area contributed by atoms with Gasteiger partial charge in [-0.2, -0.15) is 0 Å². The Labute approximate surface area is 150 Å². The Morgan fingerprint density at radius 3 is 2.81 bits per heavy atom. The molecule has 4 N–H and O–H groups in total. The molecule has 0 saturated heterocycles. The molecule has 3 heterocycles. The molecule has 130 valence electrons. The molecule has 3 aromatic heterocycles. The molecule has 0 unspecified atom stereocenters. The molecule has 0 spiro atoms. The standard InChI is InChI=1S/C20H20N6/c21-8-12-5-15(6-12)26-10-16(18-19(22)24-11-25-20(18)26)14-7-13-3-1-2-4-17(13)23-9-14/h1-4,7,9-12,15H,5-6,8,21H2,(H2,22,24,25). The number of nitrogens with two attached hydrogens (primary N) is 2. The van der Waals surface area contributed by atoms with E-state index in [1.165, 1.54) is 6.33 Å². The number of rotatable bonds is 3. The number of nitrogens with zero attached hydrogens (tertiary/aromatic N) is 4. The maximum Gasteiger partial charge on any atom is 0.146 e. The number of hydrogen-bond acceptors (Lipinski definition) is 5. The highest BCUT2D eigenvalue weighted by Crippen LogP contribution is 2.42. The highest BCUT2D eigenvalue weighted by atomic mass is 15.1. The molecule has 0 radical (unpaired) electrons. The second-order valence-electron chi connectivity index (χ2n) is 7.05. The first-order valence-corrected chi connectivity index (χ1v) is 8.91. The normalized spacial score (nSPS) is 19.7. The largest absolute Gasteiger partial charge is 0.383 e. The van der Waals surface area contributed by atoms with Gasteiger partial charge in [0.25, 0.3) is 0 Å². The summed E-state index contributed by atoms with van der Waals surface area (Å²) in [5.41, 5.74) is 16.0. The minimum absolute atomic E-state index is 0.419. The Morgan fingerprint density at radius 1 is 1.12 bits per heavy atom. The Hall–Kier alpha value is -2.99. The second-order valence-corrected chi connectivity index (χ2v) is 7.05. The average Bonchev–Trinajstić information content (AvgIpc) is 3.01. The van der Waals surface area contributed by atoms with Gasteiger partial charge in [0.1, 0.15) is 17.8 Å². The summed E-state index contributed by atoms with van der Waals surface area (Å²) in [5, 5.41) is 2.01. The summed E-state index contributed by atoms with van der Waals surface area (Å²) in [5.74, 6) is 1.11. The first-order chi connectivity index (χ1) is 12.7. The molecule has 0 aliphatic heterocycles. The molecule has 0 bridgehead atoms. The second kappa shape index (κ2) is 5.78. The van der Waals surface area contributed by atoms with E-state index in [4.69, 9.17) is 11.5 Å². The predicted molar refractivity (Wildman–Crippen MR) is 103 cm³/mol. The Morgan fingerprint density at radius 2 is 1.96 bits per heavy atom. The monoisotopic (exact) mass is 344 g/mol. The van der Waals surface area contributed by atoms with Crippen LogP contribution in [0.1, 0.15) is 18.9 Å². The predicted octanol–water partition coefficient (Wildman–Crippen LogP) is 3.14. The van der Waals surface area contributed by atoms with Gasteiger partial charge in [-0.05, 0) is 37.4 Å². The molecule has 6 heteroatoms. The van der Waals surface area contributed by atoms with Gasteiger partial charge in [-0.1, -0.05) is 18.2 Å². The van der Waals surface area contributed by atoms with Crippen molar-refractivity contribution in [2.45, 2.75) is 18.9 Å². The van der Waals surface area contributed by atoms with E-state index in [9.17, 15) is 0 Å². The van der Waals surface area contributed by atoms with E-state index >= 15 is 0 Å². The van der Waals surface area contributed by atoms with Crippen molar-refractivity contribution >= 4 is 27.8 Å². The van der Waals surface area contributed by atoms with Gasteiger partial charge in [0.05, 0.1) is 10.9 Å². The van der Waals surface area contributed by atoms with Gasteiger partial charge in [-0.25, -0.2) is 9.97 Å². The number of hydrogen-bond donors (Lipinski definition) is 2. The van der Waals surface area contributed by atoms with Crippen LogP contribution in [0, 0.1) is 5.92 Å². The van der Waals surface area contributed by atoms with E-state index in [0.29, 0.717) is 17.8 Å². The van der Waals surface area contributed by atoms with E-state index < -0.39 is 0 Å². The van der Waals surface area contributed by atoms with E-state index in [-0.39, 0.29) is 0 Å². The van der Waals surface area contributed by atoms with Gasteiger partial charge >= 0.3 is 0 Å². The van der Waals surface area contributed by atoms with Crippen LogP contribution >= 0.6 is 0 Å². The molecule has 26 heavy (non-hydrogen) atoms. The van der Waals surface area contributed by atoms with Gasteiger partial charge in [0.2, 0.25) is 0 Å². The van der Waals surface area contributed by atoms with Crippen LogP contribution in [0.5, 0.6) is 0 Å². The molecule has 1 fully saturated rings. The molecule has 4 aromatic rings. The zero-order valence-corrected chi connectivity index (χ0v) is 14.3. The molecule has 6 nitrogen and oxygen atoms in total. The fourth-order valence-electron chi connectivity index (χ4n) is 3.94. The maximum absolute atomic E-state index is 6.23. The summed E-state index contributed by atoms with van der Waals surface area (Å²) in [7, 11) is 0. The zero-order chi connectivity index (χ0) is 17.7. The minimum Gasteiger partial charge on any atom is -0.383 e. The lowest BCUT2D eigenvalue weighted by Crippen LogP contribution is -2.31. The summed E-state index contributed by atoms with van der Waals surface area (Å²) in [6, 6.07) is 10.7. The topological polar surface area (TPSA) is 95.6 Å². The molecule has 1 saturated carbocycles. The lowest BCUT2D eigenvalue weighted by molar-refractivity contribution is 0.209. The molecule has 1 aliphatic carbocycles. The fraction of sp³-hybridized carbons (Fsp3) is 0.250. The van der Waals surface area contributed by atoms with Gasteiger partial charge in [0, 0.05) is 34.9 Å². The Kier molecular flexibility index (Phi) is 3.39. The van der Waals surface area contributed by atoms with Crippen molar-refractivity contribution in [3.05, 3.63) is 49.1 Å². The third-order valence-electron chi connectivity index (χ3n) is 5.48. The third kappa shape index (κ3) is 2.26. The summed E-state index contributed by atoms with van der Waals surface area (Å²) >= 11 is 0. The Balaban J connectivity index is 1.69. The number of pyridine rings is 1. The fourth-order valence-corrected chi connectivity index (χ4v) is 3.94. The van der Waals surface area contributed by atoms with Crippen molar-refractivity contribution < 1.29 is 0 Å². The molecule has 5 rings (SSSR count). The highest BCUT2D eigenvalue weighted by Gasteiger charge is 2.31. The molecule has 1 aromatic carbocycles. The van der Waals surface area contributed by atoms with Crippen LogP contribution in [-0.4, -0.2) is 26.1 Å². The van der Waals surface area contributed by atoms with E-state index in [0.717, 1.165) is 52.4 Å². The number of anilines is 1. The quantitative estimate of drug-likeness (QED) is 0.595. The highest BCUT2D eigenvalue weighted by molar-refractivity contribution is 6.01. The summed E-state index contributed by atoms with van der Waals surface area (Å²) in [4.78, 5) is 13.3. The first kappa shape index (κ1) is 15.3. The van der Waals surface area contributed by atoms with Crippen LogP contribution in [0.15, 0.2) is 49.1 Å². The molecule has 0 atom stereocenters. The average molecular weight is 344 g/mol. The third-order valence-corrected chi connectivity index (χ3v) is 5.48. The lowest BCUT2D eigenvalue weighted by atomic mass is 9.80. The lowest BCUT2D eigenvalue weighted by Gasteiger charge is -2.35. The summed E-state index contributed by atoms with van der Waals surface area (Å²) in [6.45, 7) is 0.744. The van der Waals surface area contributed by atoms with Crippen LogP contribution < -0.4 is 11.5 Å². The van der Waals surface area contributed by atoms with Crippen LogP contribution in [0.4, 0.5) is 5.82 Å². The molecule has 0 amide bonds. The van der Waals surface area contributed by atoms with Crippen molar-refractivity contribution in [3.63, 3.8) is 0 Å². The Bertz CT molecular complexity index is 1110. The molecule has 1 aliphatic rings. The van der Waals surface area contributed by atoms with Gasteiger partial charge in [-0.3, -0.25) is 4.98 Å². The number of para-hydroxylation sites is 1. The summed E-state index contributed by atoms with van der Waals surface area (Å²) < 4.78 is 2.24. The zero-order valence-electron chi connectivity index (χ0n) is 14.3. The number of benzene rings is 1. The first-order valence-electron chi connectivity index (χ1n) is 8.91. The minimum atomic E-state index is 0.419. The maximum atomic E-state index is 6.23. The van der Waals surface area contributed by atoms with Crippen molar-refractivity contribution in [1.29, 1.82) is 0 Å². The van der Waals surface area contributed by atoms with Crippen molar-refractivity contribution in [2.24, 2.45) is 11.7 Å². The van der Waals surface area contributed by atoms with Crippen molar-refractivity contribution in [2.75, 3.05) is 12.3 Å². The van der Waals surface area contributed by atoms with Crippen LogP contribution in [0.3, 0.4) is 0 Å². The van der Waals surface area contributed by atoms with Crippen molar-refractivity contribution in [1.82, 2.24) is 19.5 Å². The van der Waals surface area contributed by atoms with Gasteiger partial charge in [-0.15, -0.1) is 0 Å². The van der Waals surface area contributed by atoms with E-state index in [1.54, 1.807) is 0 Å². The summed E-state index contributed by atoms with van der Waals surface area (Å²) in [6.07, 6.45) is 7.76. The van der Waals surface area contributed by atoms with Crippen LogP contribution in [0.2, 0.25) is 0 Å². The smallest absolute Gasteiger partial charge is 0.146 e. The van der Waals surface area contributed by atoms with Gasteiger partial charge < -0.3 is 16.0 Å². The number of aromatic nitrogens is 4. The van der Waals surface area contributed by atoms with Gasteiger partial charge in [0.15, 0.2) is 0 Å².